The maximum absolute atomic E-state index is 12.0. The molecule has 0 aliphatic carbocycles. The largest absolute Gasteiger partial charge is 0.357 e. The van der Waals surface area contributed by atoms with Crippen LogP contribution in [0.5, 0.6) is 0 Å². The van der Waals surface area contributed by atoms with Crippen molar-refractivity contribution in [2.24, 2.45) is 0 Å². The van der Waals surface area contributed by atoms with Crippen molar-refractivity contribution < 1.29 is 14.4 Å². The number of nitrogens with one attached hydrogen (secondary N) is 2. The van der Waals surface area contributed by atoms with Crippen molar-refractivity contribution in [3.05, 3.63) is 23.5 Å². The van der Waals surface area contributed by atoms with E-state index in [-0.39, 0.29) is 24.1 Å². The van der Waals surface area contributed by atoms with Gasteiger partial charge in [0.2, 0.25) is 11.8 Å². The molecule has 6 heteroatoms. The molecule has 1 unspecified atom stereocenters. The predicted octanol–water partition coefficient (Wildman–Crippen LogP) is 2.22. The molecule has 3 rings (SSSR count). The SMILES string of the molecule is CC.CCC.O=C1CCC(N2Cc3cc[nH]c3C2=O)C(=O)N1. The maximum Gasteiger partial charge on any atom is 0.271 e. The van der Waals surface area contributed by atoms with Crippen molar-refractivity contribution in [2.75, 3.05) is 0 Å². The Labute approximate surface area is 131 Å². The standard InChI is InChI=1S/C11H11N3O3.C3H8.C2H6/c15-8-2-1-7(10(16)13-8)14-5-6-3-4-12-9(6)11(14)17;1-3-2;1-2/h3-4,7,12H,1-2,5H2,(H,13,15,16);3H2,1-2H3;1-2H3. The number of hydrogen-bond donors (Lipinski definition) is 2. The molecule has 2 aliphatic heterocycles. The Hall–Kier alpha value is -2.11. The number of amides is 3. The highest BCUT2D eigenvalue weighted by molar-refractivity contribution is 6.04. The smallest absolute Gasteiger partial charge is 0.271 e. The van der Waals surface area contributed by atoms with Crippen molar-refractivity contribution in [2.45, 2.75) is 59.5 Å². The third kappa shape index (κ3) is 3.75. The highest BCUT2D eigenvalue weighted by Crippen LogP contribution is 2.26. The average molecular weight is 307 g/mol. The first-order valence-electron chi connectivity index (χ1n) is 7.89. The number of carbonyl (C=O) groups is 3. The summed E-state index contributed by atoms with van der Waals surface area (Å²) in [5, 5.41) is 2.26. The fraction of sp³-hybridized carbons (Fsp3) is 0.562. The molecule has 1 aromatic heterocycles. The Bertz CT molecular complexity index is 536. The van der Waals surface area contributed by atoms with E-state index in [0.29, 0.717) is 18.7 Å². The summed E-state index contributed by atoms with van der Waals surface area (Å²) in [7, 11) is 0. The lowest BCUT2D eigenvalue weighted by Gasteiger charge is -2.29. The van der Waals surface area contributed by atoms with Gasteiger partial charge in [-0.2, -0.15) is 0 Å². The molecule has 3 heterocycles. The van der Waals surface area contributed by atoms with Gasteiger partial charge < -0.3 is 9.88 Å². The molecule has 2 N–H and O–H groups in total. The van der Waals surface area contributed by atoms with Gasteiger partial charge in [0.05, 0.1) is 0 Å². The molecule has 0 spiro atoms. The Kier molecular flexibility index (Phi) is 6.82. The van der Waals surface area contributed by atoms with Crippen molar-refractivity contribution >= 4 is 17.7 Å². The Morgan fingerprint density at radius 1 is 1.23 bits per heavy atom. The van der Waals surface area contributed by atoms with Gasteiger partial charge in [-0.1, -0.05) is 34.1 Å². The topological polar surface area (TPSA) is 82.3 Å². The molecule has 0 radical (unpaired) electrons. The van der Waals surface area contributed by atoms with Gasteiger partial charge in [-0.3, -0.25) is 19.7 Å². The molecule has 22 heavy (non-hydrogen) atoms. The molecule has 1 aromatic rings. The lowest BCUT2D eigenvalue weighted by Crippen LogP contribution is -2.52. The van der Waals surface area contributed by atoms with Gasteiger partial charge in [0.25, 0.3) is 5.91 Å². The first kappa shape index (κ1) is 17.9. The van der Waals surface area contributed by atoms with Crippen LogP contribution < -0.4 is 5.32 Å². The molecule has 1 fully saturated rings. The Morgan fingerprint density at radius 3 is 2.41 bits per heavy atom. The monoisotopic (exact) mass is 307 g/mol. The fourth-order valence-corrected chi connectivity index (χ4v) is 2.36. The number of aromatic amines is 1. The van der Waals surface area contributed by atoms with Crippen LogP contribution in [0, 0.1) is 0 Å². The zero-order valence-electron chi connectivity index (χ0n) is 13.7. The van der Waals surface area contributed by atoms with E-state index >= 15 is 0 Å². The lowest BCUT2D eigenvalue weighted by molar-refractivity contribution is -0.136. The number of fused-ring (bicyclic) bond motifs is 1. The Morgan fingerprint density at radius 2 is 1.86 bits per heavy atom. The number of rotatable bonds is 1. The van der Waals surface area contributed by atoms with Crippen molar-refractivity contribution in [1.29, 1.82) is 0 Å². The van der Waals surface area contributed by atoms with E-state index in [1.165, 1.54) is 11.3 Å². The molecule has 1 saturated heterocycles. The summed E-state index contributed by atoms with van der Waals surface area (Å²) < 4.78 is 0. The summed E-state index contributed by atoms with van der Waals surface area (Å²) in [5.74, 6) is -0.810. The fourth-order valence-electron chi connectivity index (χ4n) is 2.36. The molecule has 3 amide bonds. The van der Waals surface area contributed by atoms with Crippen LogP contribution in [0.15, 0.2) is 12.3 Å². The second-order valence-corrected chi connectivity index (χ2v) is 4.98. The number of nitrogens with zero attached hydrogens (tertiary/aromatic N) is 1. The van der Waals surface area contributed by atoms with Crippen LogP contribution in [0.2, 0.25) is 0 Å². The van der Waals surface area contributed by atoms with Crippen LogP contribution in [0.25, 0.3) is 0 Å². The van der Waals surface area contributed by atoms with Gasteiger partial charge in [0, 0.05) is 24.7 Å². The number of aromatic nitrogens is 1. The second kappa shape index (κ2) is 8.36. The van der Waals surface area contributed by atoms with Gasteiger partial charge in [-0.25, -0.2) is 0 Å². The maximum atomic E-state index is 12.0. The summed E-state index contributed by atoms with van der Waals surface area (Å²) >= 11 is 0. The van der Waals surface area contributed by atoms with Crippen LogP contribution in [0.4, 0.5) is 0 Å². The van der Waals surface area contributed by atoms with Gasteiger partial charge in [-0.05, 0) is 12.5 Å². The van der Waals surface area contributed by atoms with E-state index < -0.39 is 6.04 Å². The first-order valence-corrected chi connectivity index (χ1v) is 7.89. The zero-order chi connectivity index (χ0) is 16.7. The second-order valence-electron chi connectivity index (χ2n) is 4.98. The third-order valence-corrected chi connectivity index (χ3v) is 3.24. The quantitative estimate of drug-likeness (QED) is 0.780. The van der Waals surface area contributed by atoms with E-state index in [1.807, 2.05) is 19.9 Å². The van der Waals surface area contributed by atoms with Crippen LogP contribution in [0.1, 0.15) is 63.0 Å². The number of hydrogen-bond acceptors (Lipinski definition) is 3. The van der Waals surface area contributed by atoms with Crippen LogP contribution >= 0.6 is 0 Å². The molecule has 0 aromatic carbocycles. The van der Waals surface area contributed by atoms with Crippen LogP contribution in [-0.2, 0) is 16.1 Å². The predicted molar refractivity (Wildman–Crippen MR) is 84.2 cm³/mol. The van der Waals surface area contributed by atoms with Gasteiger partial charge >= 0.3 is 0 Å². The number of imide groups is 1. The van der Waals surface area contributed by atoms with E-state index in [0.717, 1.165) is 5.56 Å². The van der Waals surface area contributed by atoms with E-state index in [2.05, 4.69) is 24.1 Å². The molecule has 1 atom stereocenters. The van der Waals surface area contributed by atoms with Crippen LogP contribution in [-0.4, -0.2) is 33.6 Å². The molecule has 122 valence electrons. The molecule has 0 bridgehead atoms. The van der Waals surface area contributed by atoms with Crippen molar-refractivity contribution in [1.82, 2.24) is 15.2 Å². The minimum absolute atomic E-state index is 0.167. The summed E-state index contributed by atoms with van der Waals surface area (Å²) in [5.41, 5.74) is 1.45. The first-order chi connectivity index (χ1) is 10.6. The summed E-state index contributed by atoms with van der Waals surface area (Å²) in [6.07, 6.45) is 3.65. The molecule has 6 nitrogen and oxygen atoms in total. The van der Waals surface area contributed by atoms with Crippen molar-refractivity contribution in [3.63, 3.8) is 0 Å². The van der Waals surface area contributed by atoms with Gasteiger partial charge in [0.15, 0.2) is 0 Å². The van der Waals surface area contributed by atoms with E-state index in [1.54, 1.807) is 6.20 Å². The van der Waals surface area contributed by atoms with Crippen LogP contribution in [0.3, 0.4) is 0 Å². The molecule has 2 aliphatic rings. The highest BCUT2D eigenvalue weighted by Gasteiger charge is 2.39. The summed E-state index contributed by atoms with van der Waals surface area (Å²) in [6.45, 7) is 8.68. The Balaban J connectivity index is 0.000000435. The molecular formula is C16H25N3O3. The van der Waals surface area contributed by atoms with Crippen molar-refractivity contribution in [3.8, 4) is 0 Å². The van der Waals surface area contributed by atoms with E-state index in [4.69, 9.17) is 0 Å². The van der Waals surface area contributed by atoms with E-state index in [9.17, 15) is 14.4 Å². The minimum atomic E-state index is -0.527. The van der Waals surface area contributed by atoms with Gasteiger partial charge in [0.1, 0.15) is 11.7 Å². The summed E-state index contributed by atoms with van der Waals surface area (Å²) in [6, 6.07) is 1.31. The number of carbonyl (C=O) groups excluding carboxylic acids is 3. The minimum Gasteiger partial charge on any atom is -0.357 e. The van der Waals surface area contributed by atoms with Gasteiger partial charge in [-0.15, -0.1) is 0 Å². The number of H-pyrrole nitrogens is 1. The zero-order valence-corrected chi connectivity index (χ0v) is 13.7. The normalized spacial score (nSPS) is 19.5. The molecular weight excluding hydrogens is 282 g/mol. The number of piperidine rings is 1. The lowest BCUT2D eigenvalue weighted by atomic mass is 10.0. The average Bonchev–Trinajstić information content (AvgIpc) is 3.06. The molecule has 0 saturated carbocycles. The summed E-state index contributed by atoms with van der Waals surface area (Å²) in [4.78, 5) is 39.1. The highest BCUT2D eigenvalue weighted by atomic mass is 16.2. The third-order valence-electron chi connectivity index (χ3n) is 3.24.